The molecule has 0 amide bonds. The third kappa shape index (κ3) is 3.96. The summed E-state index contributed by atoms with van der Waals surface area (Å²) in [5.41, 5.74) is 5.72. The van der Waals surface area contributed by atoms with Crippen LogP contribution in [0.25, 0.3) is 0 Å². The Kier molecular flexibility index (Phi) is 4.77. The second-order valence-electron chi connectivity index (χ2n) is 5.58. The fourth-order valence-electron chi connectivity index (χ4n) is 2.91. The van der Waals surface area contributed by atoms with Crippen LogP contribution < -0.4 is 10.6 Å². The molecule has 6 nitrogen and oxygen atoms in total. The molecule has 0 radical (unpaired) electrons. The van der Waals surface area contributed by atoms with E-state index >= 15 is 0 Å². The van der Waals surface area contributed by atoms with E-state index in [4.69, 9.17) is 26.8 Å². The minimum atomic E-state index is 0.196. The van der Waals surface area contributed by atoms with Crippen LogP contribution in [-0.4, -0.2) is 48.5 Å². The van der Waals surface area contributed by atoms with Crippen molar-refractivity contribution in [1.29, 1.82) is 0 Å². The summed E-state index contributed by atoms with van der Waals surface area (Å²) in [6, 6.07) is 1.75. The number of ether oxygens (including phenoxy) is 2. The van der Waals surface area contributed by atoms with Crippen molar-refractivity contribution < 1.29 is 9.47 Å². The van der Waals surface area contributed by atoms with Gasteiger partial charge < -0.3 is 20.1 Å². The summed E-state index contributed by atoms with van der Waals surface area (Å²) in [6.45, 7) is 3.25. The molecule has 0 aliphatic carbocycles. The van der Waals surface area contributed by atoms with Gasteiger partial charge in [0.05, 0.1) is 12.2 Å². The van der Waals surface area contributed by atoms with Crippen molar-refractivity contribution in [3.05, 3.63) is 11.2 Å². The average molecular weight is 313 g/mol. The Bertz CT molecular complexity index is 438. The molecule has 3 rings (SSSR count). The van der Waals surface area contributed by atoms with Gasteiger partial charge in [-0.1, -0.05) is 11.6 Å². The molecule has 0 aromatic carbocycles. The first-order valence-electron chi connectivity index (χ1n) is 7.49. The van der Waals surface area contributed by atoms with E-state index in [0.717, 1.165) is 57.8 Å². The van der Waals surface area contributed by atoms with Crippen LogP contribution >= 0.6 is 11.6 Å². The largest absolute Gasteiger partial charge is 0.376 e. The highest BCUT2D eigenvalue weighted by molar-refractivity contribution is 6.29. The van der Waals surface area contributed by atoms with Gasteiger partial charge in [0.25, 0.3) is 0 Å². The van der Waals surface area contributed by atoms with Crippen LogP contribution in [0.3, 0.4) is 0 Å². The van der Waals surface area contributed by atoms with Crippen molar-refractivity contribution in [2.45, 2.75) is 37.9 Å². The number of aromatic nitrogens is 2. The van der Waals surface area contributed by atoms with Gasteiger partial charge in [-0.05, 0) is 25.7 Å². The lowest BCUT2D eigenvalue weighted by atomic mass is 10.2. The number of rotatable bonds is 5. The molecule has 0 spiro atoms. The highest BCUT2D eigenvalue weighted by atomic mass is 35.5. The number of halogens is 1. The van der Waals surface area contributed by atoms with Crippen molar-refractivity contribution in [1.82, 2.24) is 9.97 Å². The lowest BCUT2D eigenvalue weighted by Gasteiger charge is -2.28. The van der Waals surface area contributed by atoms with Gasteiger partial charge in [0.15, 0.2) is 0 Å². The van der Waals surface area contributed by atoms with Crippen LogP contribution in [-0.2, 0) is 9.47 Å². The normalized spacial score (nSPS) is 25.4. The van der Waals surface area contributed by atoms with E-state index < -0.39 is 0 Å². The predicted molar refractivity (Wildman–Crippen MR) is 81.6 cm³/mol. The first-order valence-corrected chi connectivity index (χ1v) is 7.87. The lowest BCUT2D eigenvalue weighted by molar-refractivity contribution is 0.0996. The van der Waals surface area contributed by atoms with Crippen molar-refractivity contribution in [2.75, 3.05) is 36.9 Å². The maximum atomic E-state index is 6.01. The monoisotopic (exact) mass is 312 g/mol. The minimum absolute atomic E-state index is 0.196. The summed E-state index contributed by atoms with van der Waals surface area (Å²) < 4.78 is 11.5. The Balaban J connectivity index is 1.75. The second kappa shape index (κ2) is 6.77. The summed E-state index contributed by atoms with van der Waals surface area (Å²) >= 11 is 6.01. The first kappa shape index (κ1) is 14.8. The van der Waals surface area contributed by atoms with Crippen molar-refractivity contribution >= 4 is 23.4 Å². The third-order valence-corrected chi connectivity index (χ3v) is 4.11. The molecule has 2 aliphatic heterocycles. The van der Waals surface area contributed by atoms with Gasteiger partial charge in [0.2, 0.25) is 5.95 Å². The Labute approximate surface area is 129 Å². The molecule has 2 saturated heterocycles. The standard InChI is InChI=1S/C14H21ClN4O2/c15-12-7-13(18-14(16)17-12)19(8-10-3-1-5-20-10)9-11-4-2-6-21-11/h7,10-11H,1-6,8-9H2,(H2,16,17,18). The Morgan fingerprint density at radius 3 is 2.24 bits per heavy atom. The summed E-state index contributed by atoms with van der Waals surface area (Å²) in [5, 5.41) is 0.363. The number of hydrogen-bond donors (Lipinski definition) is 1. The number of nitrogens with zero attached hydrogens (tertiary/aromatic N) is 3. The number of nitrogen functional groups attached to an aromatic ring is 1. The van der Waals surface area contributed by atoms with E-state index in [1.807, 2.05) is 0 Å². The van der Waals surface area contributed by atoms with Gasteiger partial charge in [0.1, 0.15) is 11.0 Å². The number of hydrogen-bond acceptors (Lipinski definition) is 6. The zero-order chi connectivity index (χ0) is 14.7. The third-order valence-electron chi connectivity index (χ3n) is 3.92. The Hall–Kier alpha value is -1.11. The van der Waals surface area contributed by atoms with Crippen molar-refractivity contribution in [3.63, 3.8) is 0 Å². The van der Waals surface area contributed by atoms with E-state index in [0.29, 0.717) is 5.15 Å². The maximum absolute atomic E-state index is 6.01. The summed E-state index contributed by atoms with van der Waals surface area (Å²) in [5.74, 6) is 0.945. The van der Waals surface area contributed by atoms with Gasteiger partial charge in [0, 0.05) is 32.4 Å². The fourth-order valence-corrected chi connectivity index (χ4v) is 3.10. The van der Waals surface area contributed by atoms with Crippen LogP contribution in [0.5, 0.6) is 0 Å². The highest BCUT2D eigenvalue weighted by Crippen LogP contribution is 2.23. The SMILES string of the molecule is Nc1nc(Cl)cc(N(CC2CCCO2)CC2CCCO2)n1. The number of nitrogens with two attached hydrogens (primary N) is 1. The van der Waals surface area contributed by atoms with E-state index in [2.05, 4.69) is 14.9 Å². The molecule has 2 aliphatic rings. The molecule has 2 fully saturated rings. The second-order valence-corrected chi connectivity index (χ2v) is 5.97. The quantitative estimate of drug-likeness (QED) is 0.837. The molecule has 2 atom stereocenters. The van der Waals surface area contributed by atoms with E-state index in [1.165, 1.54) is 0 Å². The first-order chi connectivity index (χ1) is 10.2. The van der Waals surface area contributed by atoms with Gasteiger partial charge in [-0.25, -0.2) is 4.98 Å². The van der Waals surface area contributed by atoms with Crippen LogP contribution in [0.2, 0.25) is 5.15 Å². The minimum Gasteiger partial charge on any atom is -0.376 e. The number of anilines is 2. The van der Waals surface area contributed by atoms with Gasteiger partial charge in [-0.2, -0.15) is 4.98 Å². The Morgan fingerprint density at radius 1 is 1.14 bits per heavy atom. The van der Waals surface area contributed by atoms with Crippen LogP contribution in [0, 0.1) is 0 Å². The molecule has 2 N–H and O–H groups in total. The van der Waals surface area contributed by atoms with E-state index in [9.17, 15) is 0 Å². The molecule has 2 unspecified atom stereocenters. The van der Waals surface area contributed by atoms with E-state index in [-0.39, 0.29) is 18.2 Å². The van der Waals surface area contributed by atoms with Gasteiger partial charge >= 0.3 is 0 Å². The van der Waals surface area contributed by atoms with Gasteiger partial charge in [-0.15, -0.1) is 0 Å². The maximum Gasteiger partial charge on any atom is 0.223 e. The smallest absolute Gasteiger partial charge is 0.223 e. The highest BCUT2D eigenvalue weighted by Gasteiger charge is 2.25. The predicted octanol–water partition coefficient (Wildman–Crippen LogP) is 1.88. The van der Waals surface area contributed by atoms with E-state index in [1.54, 1.807) is 6.07 Å². The molecule has 1 aromatic heterocycles. The summed E-state index contributed by atoms with van der Waals surface area (Å²) in [7, 11) is 0. The molecule has 7 heteroatoms. The lowest BCUT2D eigenvalue weighted by Crippen LogP contribution is -2.38. The molecule has 21 heavy (non-hydrogen) atoms. The van der Waals surface area contributed by atoms with Gasteiger partial charge in [-0.3, -0.25) is 0 Å². The topological polar surface area (TPSA) is 73.5 Å². The molecular formula is C14H21ClN4O2. The van der Waals surface area contributed by atoms with Crippen molar-refractivity contribution in [3.8, 4) is 0 Å². The van der Waals surface area contributed by atoms with Crippen LogP contribution in [0.15, 0.2) is 6.07 Å². The molecule has 116 valence electrons. The molecule has 3 heterocycles. The Morgan fingerprint density at radius 2 is 1.76 bits per heavy atom. The zero-order valence-electron chi connectivity index (χ0n) is 12.0. The summed E-state index contributed by atoms with van der Waals surface area (Å²) in [6.07, 6.45) is 4.87. The average Bonchev–Trinajstić information content (AvgIpc) is 3.10. The van der Waals surface area contributed by atoms with Crippen molar-refractivity contribution in [2.24, 2.45) is 0 Å². The molecular weight excluding hydrogens is 292 g/mol. The molecule has 0 saturated carbocycles. The molecule has 1 aromatic rings. The zero-order valence-corrected chi connectivity index (χ0v) is 12.8. The van der Waals surface area contributed by atoms with Crippen LogP contribution in [0.4, 0.5) is 11.8 Å². The fraction of sp³-hybridized carbons (Fsp3) is 0.714. The summed E-state index contributed by atoms with van der Waals surface area (Å²) in [4.78, 5) is 10.4. The van der Waals surface area contributed by atoms with Crippen LogP contribution in [0.1, 0.15) is 25.7 Å². The molecule has 0 bridgehead atoms.